The predicted molar refractivity (Wildman–Crippen MR) is 62.9 cm³/mol. The van der Waals surface area contributed by atoms with Crippen LogP contribution in [0.3, 0.4) is 0 Å². The molecule has 0 saturated heterocycles. The SMILES string of the molecule is COCCC(C)Nc1cc(C(=O)O)c(F)cc1F. The molecule has 0 radical (unpaired) electrons. The summed E-state index contributed by atoms with van der Waals surface area (Å²) in [5, 5.41) is 11.5. The number of methoxy groups -OCH3 is 1. The largest absolute Gasteiger partial charge is 0.478 e. The van der Waals surface area contributed by atoms with Crippen LogP contribution in [0.2, 0.25) is 0 Å². The molecule has 0 spiro atoms. The topological polar surface area (TPSA) is 58.6 Å². The maximum Gasteiger partial charge on any atom is 0.338 e. The molecule has 2 N–H and O–H groups in total. The maximum absolute atomic E-state index is 13.4. The molecule has 0 aliphatic rings. The van der Waals surface area contributed by atoms with Crippen LogP contribution in [0.4, 0.5) is 14.5 Å². The third-order valence-corrected chi connectivity index (χ3v) is 2.44. The first kappa shape index (κ1) is 14.4. The summed E-state index contributed by atoms with van der Waals surface area (Å²) in [6, 6.07) is 1.40. The Morgan fingerprint density at radius 3 is 2.67 bits per heavy atom. The fourth-order valence-corrected chi connectivity index (χ4v) is 1.46. The lowest BCUT2D eigenvalue weighted by molar-refractivity contribution is 0.0692. The molecule has 1 aromatic rings. The van der Waals surface area contributed by atoms with Gasteiger partial charge >= 0.3 is 5.97 Å². The van der Waals surface area contributed by atoms with E-state index in [-0.39, 0.29) is 11.7 Å². The molecule has 100 valence electrons. The molecule has 0 saturated carbocycles. The summed E-state index contributed by atoms with van der Waals surface area (Å²) in [7, 11) is 1.55. The first-order chi connectivity index (χ1) is 8.45. The summed E-state index contributed by atoms with van der Waals surface area (Å²) in [5.41, 5.74) is -0.588. The maximum atomic E-state index is 13.4. The molecule has 1 unspecified atom stereocenters. The van der Waals surface area contributed by atoms with Crippen molar-refractivity contribution in [1.29, 1.82) is 0 Å². The standard InChI is InChI=1S/C12H15F2NO3/c1-7(3-4-18-2)15-11-5-8(12(16)17)9(13)6-10(11)14/h5-7,15H,3-4H2,1-2H3,(H,16,17). The first-order valence-corrected chi connectivity index (χ1v) is 5.43. The van der Waals surface area contributed by atoms with Gasteiger partial charge in [0.15, 0.2) is 0 Å². The van der Waals surface area contributed by atoms with Crippen molar-refractivity contribution >= 4 is 11.7 Å². The zero-order chi connectivity index (χ0) is 13.7. The number of hydrogen-bond acceptors (Lipinski definition) is 3. The van der Waals surface area contributed by atoms with Gasteiger partial charge in [-0.3, -0.25) is 0 Å². The van der Waals surface area contributed by atoms with E-state index in [2.05, 4.69) is 5.32 Å². The van der Waals surface area contributed by atoms with Crippen LogP contribution in [0.15, 0.2) is 12.1 Å². The lowest BCUT2D eigenvalue weighted by atomic mass is 10.1. The van der Waals surface area contributed by atoms with Gasteiger partial charge in [-0.15, -0.1) is 0 Å². The number of carboxylic acids is 1. The fraction of sp³-hybridized carbons (Fsp3) is 0.417. The van der Waals surface area contributed by atoms with Crippen molar-refractivity contribution in [2.45, 2.75) is 19.4 Å². The average Bonchev–Trinajstić information content (AvgIpc) is 2.29. The van der Waals surface area contributed by atoms with Crippen LogP contribution in [0.1, 0.15) is 23.7 Å². The van der Waals surface area contributed by atoms with Crippen LogP contribution >= 0.6 is 0 Å². The summed E-state index contributed by atoms with van der Waals surface area (Å²) in [6.07, 6.45) is 0.621. The van der Waals surface area contributed by atoms with Crippen molar-refractivity contribution < 1.29 is 23.4 Å². The highest BCUT2D eigenvalue weighted by Gasteiger charge is 2.16. The van der Waals surface area contributed by atoms with Crippen LogP contribution in [0, 0.1) is 11.6 Å². The van der Waals surface area contributed by atoms with E-state index in [0.717, 1.165) is 6.07 Å². The molecule has 1 rings (SSSR count). The zero-order valence-electron chi connectivity index (χ0n) is 10.2. The van der Waals surface area contributed by atoms with Crippen molar-refractivity contribution in [3.8, 4) is 0 Å². The summed E-state index contributed by atoms with van der Waals surface area (Å²) in [6.45, 7) is 2.28. The van der Waals surface area contributed by atoms with Crippen molar-refractivity contribution in [3.63, 3.8) is 0 Å². The van der Waals surface area contributed by atoms with Gasteiger partial charge in [-0.25, -0.2) is 13.6 Å². The van der Waals surface area contributed by atoms with Gasteiger partial charge < -0.3 is 15.2 Å². The molecule has 1 atom stereocenters. The summed E-state index contributed by atoms with van der Waals surface area (Å²) in [5.74, 6) is -3.34. The molecular weight excluding hydrogens is 244 g/mol. The smallest absolute Gasteiger partial charge is 0.338 e. The Balaban J connectivity index is 2.88. The van der Waals surface area contributed by atoms with E-state index in [4.69, 9.17) is 9.84 Å². The molecule has 0 heterocycles. The summed E-state index contributed by atoms with van der Waals surface area (Å²) in [4.78, 5) is 10.7. The van der Waals surface area contributed by atoms with Gasteiger partial charge in [0.05, 0.1) is 11.3 Å². The molecule has 6 heteroatoms. The summed E-state index contributed by atoms with van der Waals surface area (Å²) < 4.78 is 31.5. The van der Waals surface area contributed by atoms with Crippen LogP contribution in [0.5, 0.6) is 0 Å². The first-order valence-electron chi connectivity index (χ1n) is 5.43. The average molecular weight is 259 g/mol. The van der Waals surface area contributed by atoms with E-state index >= 15 is 0 Å². The minimum Gasteiger partial charge on any atom is -0.478 e. The molecule has 0 amide bonds. The molecule has 18 heavy (non-hydrogen) atoms. The number of rotatable bonds is 6. The number of hydrogen-bond donors (Lipinski definition) is 2. The minimum absolute atomic E-state index is 0.0302. The fourth-order valence-electron chi connectivity index (χ4n) is 1.46. The lowest BCUT2D eigenvalue weighted by Crippen LogP contribution is -2.18. The van der Waals surface area contributed by atoms with Gasteiger partial charge in [-0.1, -0.05) is 0 Å². The monoisotopic (exact) mass is 259 g/mol. The van der Waals surface area contributed by atoms with Crippen LogP contribution in [0.25, 0.3) is 0 Å². The van der Waals surface area contributed by atoms with Gasteiger partial charge in [0.1, 0.15) is 11.6 Å². The van der Waals surface area contributed by atoms with Crippen molar-refractivity contribution in [2.75, 3.05) is 19.0 Å². The number of carbonyl (C=O) groups is 1. The number of halogens is 2. The molecule has 0 aromatic heterocycles. The van der Waals surface area contributed by atoms with Crippen molar-refractivity contribution in [3.05, 3.63) is 29.3 Å². The Morgan fingerprint density at radius 1 is 1.44 bits per heavy atom. The number of ether oxygens (including phenoxy) is 1. The molecule has 1 aromatic carbocycles. The second-order valence-electron chi connectivity index (χ2n) is 3.94. The number of anilines is 1. The van der Waals surface area contributed by atoms with Crippen LogP contribution in [-0.4, -0.2) is 30.8 Å². The van der Waals surface area contributed by atoms with E-state index in [0.29, 0.717) is 19.1 Å². The Hall–Kier alpha value is -1.69. The van der Waals surface area contributed by atoms with Crippen molar-refractivity contribution in [1.82, 2.24) is 0 Å². The quantitative estimate of drug-likeness (QED) is 0.824. The third kappa shape index (κ3) is 3.66. The normalized spacial score (nSPS) is 12.2. The molecule has 0 bridgehead atoms. The summed E-state index contributed by atoms with van der Waals surface area (Å²) >= 11 is 0. The van der Waals surface area contributed by atoms with E-state index in [9.17, 15) is 13.6 Å². The predicted octanol–water partition coefficient (Wildman–Crippen LogP) is 2.50. The van der Waals surface area contributed by atoms with Gasteiger partial charge in [-0.2, -0.15) is 0 Å². The van der Waals surface area contributed by atoms with Gasteiger partial charge in [-0.05, 0) is 19.4 Å². The van der Waals surface area contributed by atoms with E-state index < -0.39 is 23.2 Å². The number of carboxylic acid groups (broad SMARTS) is 1. The minimum atomic E-state index is -1.43. The molecular formula is C12H15F2NO3. The van der Waals surface area contributed by atoms with Crippen molar-refractivity contribution in [2.24, 2.45) is 0 Å². The Labute approximate surface area is 104 Å². The van der Waals surface area contributed by atoms with E-state index in [1.165, 1.54) is 0 Å². The Morgan fingerprint density at radius 2 is 2.11 bits per heavy atom. The highest BCUT2D eigenvalue weighted by molar-refractivity contribution is 5.89. The highest BCUT2D eigenvalue weighted by Crippen LogP contribution is 2.20. The zero-order valence-corrected chi connectivity index (χ0v) is 10.2. The lowest BCUT2D eigenvalue weighted by Gasteiger charge is -2.16. The third-order valence-electron chi connectivity index (χ3n) is 2.44. The number of nitrogens with one attached hydrogen (secondary N) is 1. The molecule has 4 nitrogen and oxygen atoms in total. The molecule has 0 aliphatic carbocycles. The second kappa shape index (κ2) is 6.30. The second-order valence-corrected chi connectivity index (χ2v) is 3.94. The Kier molecular flexibility index (Phi) is 5.03. The van der Waals surface area contributed by atoms with Gasteiger partial charge in [0.2, 0.25) is 0 Å². The highest BCUT2D eigenvalue weighted by atomic mass is 19.1. The van der Waals surface area contributed by atoms with Crippen LogP contribution < -0.4 is 5.32 Å². The van der Waals surface area contributed by atoms with E-state index in [1.54, 1.807) is 14.0 Å². The Bertz CT molecular complexity index is 438. The number of benzene rings is 1. The number of aromatic carboxylic acids is 1. The van der Waals surface area contributed by atoms with E-state index in [1.807, 2.05) is 0 Å². The molecule has 0 aliphatic heterocycles. The molecule has 0 fully saturated rings. The van der Waals surface area contributed by atoms with Gasteiger partial charge in [0, 0.05) is 25.8 Å². The van der Waals surface area contributed by atoms with Crippen LogP contribution in [-0.2, 0) is 4.74 Å². The van der Waals surface area contributed by atoms with Gasteiger partial charge in [0.25, 0.3) is 0 Å².